The second kappa shape index (κ2) is 10.1. The lowest BCUT2D eigenvalue weighted by atomic mass is 9.47. The summed E-state index contributed by atoms with van der Waals surface area (Å²) < 4.78 is 5.85. The molecule has 0 saturated heterocycles. The number of ether oxygens (including phenoxy) is 1. The number of hydrogen-bond donors (Lipinski definition) is 0. The van der Waals surface area contributed by atoms with Gasteiger partial charge in [0.2, 0.25) is 0 Å². The number of esters is 1. The Morgan fingerprint density at radius 2 is 1.85 bits per heavy atom. The largest absolute Gasteiger partial charge is 0.462 e. The monoisotopic (exact) mass is 456 g/mol. The molecule has 3 fully saturated rings. The van der Waals surface area contributed by atoms with E-state index in [0.29, 0.717) is 17.3 Å². The topological polar surface area (TPSA) is 26.3 Å². The summed E-state index contributed by atoms with van der Waals surface area (Å²) in [6, 6.07) is 0. The summed E-state index contributed by atoms with van der Waals surface area (Å²) in [5, 5.41) is 0. The van der Waals surface area contributed by atoms with Gasteiger partial charge in [-0.2, -0.15) is 0 Å². The lowest BCUT2D eigenvalue weighted by Gasteiger charge is -2.58. The van der Waals surface area contributed by atoms with Crippen molar-refractivity contribution >= 4 is 5.97 Å². The number of carbonyl (C=O) groups is 1. The molecule has 0 aliphatic heterocycles. The van der Waals surface area contributed by atoms with Crippen molar-refractivity contribution in [1.82, 2.24) is 0 Å². The van der Waals surface area contributed by atoms with Gasteiger partial charge in [-0.1, -0.05) is 72.5 Å². The van der Waals surface area contributed by atoms with Crippen LogP contribution in [0, 0.1) is 46.3 Å². The van der Waals surface area contributed by atoms with Gasteiger partial charge in [-0.05, 0) is 97.7 Å². The Morgan fingerprint density at radius 1 is 1.06 bits per heavy atom. The molecule has 0 aromatic carbocycles. The van der Waals surface area contributed by atoms with E-state index in [-0.39, 0.29) is 12.1 Å². The smallest absolute Gasteiger partial charge is 0.306 e. The number of allylic oxidation sites excluding steroid dienone is 1. The van der Waals surface area contributed by atoms with Gasteiger partial charge in [0.1, 0.15) is 6.10 Å². The van der Waals surface area contributed by atoms with Gasteiger partial charge in [-0.25, -0.2) is 0 Å². The molecular weight excluding hydrogens is 404 g/mol. The zero-order chi connectivity index (χ0) is 23.8. The lowest BCUT2D eigenvalue weighted by Crippen LogP contribution is -2.51. The fourth-order valence-corrected chi connectivity index (χ4v) is 9.20. The van der Waals surface area contributed by atoms with Gasteiger partial charge >= 0.3 is 5.97 Å². The highest BCUT2D eigenvalue weighted by Gasteiger charge is 2.59. The molecule has 0 heterocycles. The van der Waals surface area contributed by atoms with Gasteiger partial charge in [-0.3, -0.25) is 4.79 Å². The minimum absolute atomic E-state index is 0.00772. The van der Waals surface area contributed by atoms with E-state index in [2.05, 4.69) is 47.6 Å². The molecule has 4 aliphatic carbocycles. The average Bonchev–Trinajstić information content (AvgIpc) is 3.11. The third kappa shape index (κ3) is 4.84. The fraction of sp³-hybridized carbons (Fsp3) is 0.903. The first kappa shape index (κ1) is 25.3. The van der Waals surface area contributed by atoms with Crippen molar-refractivity contribution in [2.45, 2.75) is 131 Å². The van der Waals surface area contributed by atoms with Gasteiger partial charge in [0.15, 0.2) is 0 Å². The first-order valence-corrected chi connectivity index (χ1v) is 14.6. The Balaban J connectivity index is 1.43. The molecule has 0 aromatic heterocycles. The Bertz CT molecular complexity index is 722. The van der Waals surface area contributed by atoms with Gasteiger partial charge in [0, 0.05) is 12.8 Å². The van der Waals surface area contributed by atoms with Gasteiger partial charge < -0.3 is 4.74 Å². The molecule has 3 saturated carbocycles. The van der Waals surface area contributed by atoms with E-state index in [1.165, 1.54) is 57.8 Å². The molecule has 188 valence electrons. The molecule has 33 heavy (non-hydrogen) atoms. The van der Waals surface area contributed by atoms with Crippen LogP contribution in [0.25, 0.3) is 0 Å². The highest BCUT2D eigenvalue weighted by atomic mass is 16.5. The Morgan fingerprint density at radius 3 is 2.58 bits per heavy atom. The summed E-state index contributed by atoms with van der Waals surface area (Å²) in [7, 11) is 0. The summed E-state index contributed by atoms with van der Waals surface area (Å²) in [5.74, 6) is 5.31. The minimum Gasteiger partial charge on any atom is -0.462 e. The molecule has 0 bridgehead atoms. The number of rotatable bonds is 8. The van der Waals surface area contributed by atoms with Crippen molar-refractivity contribution in [1.29, 1.82) is 0 Å². The van der Waals surface area contributed by atoms with Crippen LogP contribution in [0.2, 0.25) is 0 Å². The summed E-state index contributed by atoms with van der Waals surface area (Å²) in [6.45, 7) is 14.6. The maximum Gasteiger partial charge on any atom is 0.306 e. The van der Waals surface area contributed by atoms with Crippen LogP contribution in [0.15, 0.2) is 11.6 Å². The van der Waals surface area contributed by atoms with Crippen molar-refractivity contribution < 1.29 is 9.53 Å². The molecule has 4 rings (SSSR count). The summed E-state index contributed by atoms with van der Waals surface area (Å²) >= 11 is 0. The average molecular weight is 457 g/mol. The summed E-state index contributed by atoms with van der Waals surface area (Å²) in [6.07, 6.45) is 18.8. The second-order valence-corrected chi connectivity index (χ2v) is 13.4. The first-order chi connectivity index (χ1) is 15.7. The summed E-state index contributed by atoms with van der Waals surface area (Å²) in [4.78, 5) is 12.1. The molecule has 4 aliphatic rings. The molecule has 8 atom stereocenters. The van der Waals surface area contributed by atoms with Crippen LogP contribution in [0.3, 0.4) is 0 Å². The third-order valence-electron chi connectivity index (χ3n) is 11.0. The number of hydrogen-bond acceptors (Lipinski definition) is 2. The van der Waals surface area contributed by atoms with E-state index >= 15 is 0 Å². The van der Waals surface area contributed by atoms with Crippen LogP contribution in [-0.2, 0) is 9.53 Å². The van der Waals surface area contributed by atoms with Crippen LogP contribution in [0.4, 0.5) is 0 Å². The molecule has 0 amide bonds. The van der Waals surface area contributed by atoms with Crippen molar-refractivity contribution in [2.75, 3.05) is 0 Å². The maximum absolute atomic E-state index is 12.1. The van der Waals surface area contributed by atoms with Crippen LogP contribution >= 0.6 is 0 Å². The quantitative estimate of drug-likeness (QED) is 0.269. The van der Waals surface area contributed by atoms with Crippen LogP contribution in [0.1, 0.15) is 125 Å². The van der Waals surface area contributed by atoms with E-state index in [9.17, 15) is 4.79 Å². The maximum atomic E-state index is 12.1. The Labute approximate surface area is 204 Å². The van der Waals surface area contributed by atoms with E-state index in [1.54, 1.807) is 5.57 Å². The van der Waals surface area contributed by atoms with Crippen molar-refractivity contribution in [3.63, 3.8) is 0 Å². The van der Waals surface area contributed by atoms with Gasteiger partial charge in [0.05, 0.1) is 0 Å². The number of fused-ring (bicyclic) bond motifs is 5. The SMILES string of the molecule is CCCC(=O)O[C@@H]1CC[C@@]2(C)C(=CC[C@@H]3[C@H]2CC[C@]2(C)[C@@H]([C@H](C)CCCC(C)C)CC[C@@H]32)C1. The lowest BCUT2D eigenvalue weighted by molar-refractivity contribution is -0.151. The predicted octanol–water partition coefficient (Wildman–Crippen LogP) is 8.74. The molecular formula is C31H52O2. The minimum atomic E-state index is 0.00772. The molecule has 0 spiro atoms. The zero-order valence-corrected chi connectivity index (χ0v) is 22.6. The fourth-order valence-electron chi connectivity index (χ4n) is 9.20. The van der Waals surface area contributed by atoms with Gasteiger partial charge in [-0.15, -0.1) is 0 Å². The van der Waals surface area contributed by atoms with Crippen molar-refractivity contribution in [3.8, 4) is 0 Å². The third-order valence-corrected chi connectivity index (χ3v) is 11.0. The molecule has 2 heteroatoms. The van der Waals surface area contributed by atoms with Crippen molar-refractivity contribution in [2.24, 2.45) is 46.3 Å². The Hall–Kier alpha value is -0.790. The van der Waals surface area contributed by atoms with E-state index < -0.39 is 0 Å². The second-order valence-electron chi connectivity index (χ2n) is 13.4. The number of carbonyl (C=O) groups excluding carboxylic acids is 1. The Kier molecular flexibility index (Phi) is 7.72. The molecule has 0 aromatic rings. The van der Waals surface area contributed by atoms with Crippen LogP contribution in [0.5, 0.6) is 0 Å². The van der Waals surface area contributed by atoms with E-state index in [4.69, 9.17) is 4.74 Å². The molecule has 0 N–H and O–H groups in total. The predicted molar refractivity (Wildman–Crippen MR) is 138 cm³/mol. The van der Waals surface area contributed by atoms with Crippen molar-refractivity contribution in [3.05, 3.63) is 11.6 Å². The molecule has 0 radical (unpaired) electrons. The van der Waals surface area contributed by atoms with Crippen LogP contribution < -0.4 is 0 Å². The van der Waals surface area contributed by atoms with E-state index in [1.807, 2.05) is 0 Å². The normalized spacial score (nSPS) is 41.1. The first-order valence-electron chi connectivity index (χ1n) is 14.6. The highest BCUT2D eigenvalue weighted by molar-refractivity contribution is 5.69. The highest BCUT2D eigenvalue weighted by Crippen LogP contribution is 2.67. The standard InChI is InChI=1S/C31H52O2/c1-7-9-29(32)33-24-16-18-30(5)23(20-24)12-13-25-27-15-14-26(22(4)11-8-10-21(2)3)31(27,6)19-17-28(25)30/h12,21-22,24-28H,7-11,13-20H2,1-6H3/t22-,24-,25+,26-,27+,28-,30+,31-/m1/s1. The van der Waals surface area contributed by atoms with E-state index in [0.717, 1.165) is 54.8 Å². The van der Waals surface area contributed by atoms with Crippen LogP contribution in [-0.4, -0.2) is 12.1 Å². The van der Waals surface area contributed by atoms with Gasteiger partial charge in [0.25, 0.3) is 0 Å². The molecule has 2 nitrogen and oxygen atoms in total. The zero-order valence-electron chi connectivity index (χ0n) is 22.6. The molecule has 0 unspecified atom stereocenters. The summed E-state index contributed by atoms with van der Waals surface area (Å²) in [5.41, 5.74) is 2.54.